The first-order chi connectivity index (χ1) is 12.2. The summed E-state index contributed by atoms with van der Waals surface area (Å²) in [6.07, 6.45) is 6.17. The number of carbonyl (C=O) groups excluding carboxylic acids is 2. The Labute approximate surface area is 151 Å². The summed E-state index contributed by atoms with van der Waals surface area (Å²) in [4.78, 5) is 24.5. The molecule has 1 aliphatic heterocycles. The van der Waals surface area contributed by atoms with Gasteiger partial charge in [0, 0.05) is 12.6 Å². The number of nitrogens with one attached hydrogen (secondary N) is 1. The van der Waals surface area contributed by atoms with E-state index in [-0.39, 0.29) is 23.0 Å². The molecule has 3 N–H and O–H groups in total. The normalized spacial score (nSPS) is 22.0. The number of nitrogens with two attached hydrogens (primary N) is 1. The molecule has 2 atom stereocenters. The van der Waals surface area contributed by atoms with E-state index in [2.05, 4.69) is 5.32 Å². The van der Waals surface area contributed by atoms with E-state index < -0.39 is 28.0 Å². The Kier molecular flexibility index (Phi) is 4.80. The first-order valence-corrected chi connectivity index (χ1v) is 9.47. The Morgan fingerprint density at radius 2 is 1.96 bits per heavy atom. The third-order valence-corrected chi connectivity index (χ3v) is 5.07. The fourth-order valence-corrected chi connectivity index (χ4v) is 3.26. The number of primary sulfonamides is 1. The van der Waals surface area contributed by atoms with Crippen LogP contribution in [0.5, 0.6) is 0 Å². The lowest BCUT2D eigenvalue weighted by Crippen LogP contribution is -2.37. The maximum atomic E-state index is 12.3. The predicted octanol–water partition coefficient (Wildman–Crippen LogP) is 0.934. The number of sulfonamides is 1. The van der Waals surface area contributed by atoms with Crippen molar-refractivity contribution >= 4 is 21.7 Å². The summed E-state index contributed by atoms with van der Waals surface area (Å²) in [5.74, 6) is -1.11. The Morgan fingerprint density at radius 3 is 2.62 bits per heavy atom. The fourth-order valence-electron chi connectivity index (χ4n) is 2.75. The number of hydrogen-bond donors (Lipinski definition) is 2. The first kappa shape index (κ1) is 18.1. The van der Waals surface area contributed by atoms with Gasteiger partial charge in [0.15, 0.2) is 11.5 Å². The smallest absolute Gasteiger partial charge is 0.286 e. The van der Waals surface area contributed by atoms with Crippen molar-refractivity contribution in [1.82, 2.24) is 5.32 Å². The molecular weight excluding hydrogens is 356 g/mol. The summed E-state index contributed by atoms with van der Waals surface area (Å²) in [5.41, 5.74) is 1.66. The SMILES string of the molecule is CC1=CC2C(=O)C=C(C(=O)NCc3ccc(S(N)(=O)=O)cc3)OC2C=C1. The quantitative estimate of drug-likeness (QED) is 0.814. The Hall–Kier alpha value is -2.71. The van der Waals surface area contributed by atoms with Crippen molar-refractivity contribution in [2.24, 2.45) is 11.1 Å². The molecule has 2 unspecified atom stereocenters. The van der Waals surface area contributed by atoms with E-state index in [1.165, 1.54) is 18.2 Å². The summed E-state index contributed by atoms with van der Waals surface area (Å²) in [7, 11) is -3.75. The van der Waals surface area contributed by atoms with Crippen LogP contribution in [0.2, 0.25) is 0 Å². The number of allylic oxidation sites excluding steroid dienone is 3. The third kappa shape index (κ3) is 3.92. The average Bonchev–Trinajstić information content (AvgIpc) is 2.59. The molecule has 0 saturated heterocycles. The highest BCUT2D eigenvalue weighted by molar-refractivity contribution is 7.89. The number of ether oxygens (including phenoxy) is 1. The number of ketones is 1. The zero-order valence-electron chi connectivity index (χ0n) is 14.0. The third-order valence-electron chi connectivity index (χ3n) is 4.14. The molecule has 1 aromatic rings. The lowest BCUT2D eigenvalue weighted by Gasteiger charge is -2.29. The van der Waals surface area contributed by atoms with Crippen molar-refractivity contribution in [3.05, 3.63) is 65.5 Å². The van der Waals surface area contributed by atoms with E-state index in [1.807, 2.05) is 19.1 Å². The summed E-state index contributed by atoms with van der Waals surface area (Å²) in [6, 6.07) is 5.83. The van der Waals surface area contributed by atoms with E-state index in [4.69, 9.17) is 9.88 Å². The highest BCUT2D eigenvalue weighted by Gasteiger charge is 2.34. The van der Waals surface area contributed by atoms with Crippen LogP contribution in [0, 0.1) is 5.92 Å². The molecule has 0 fully saturated rings. The van der Waals surface area contributed by atoms with Crippen molar-refractivity contribution in [2.45, 2.75) is 24.5 Å². The van der Waals surface area contributed by atoms with Gasteiger partial charge in [0.25, 0.3) is 5.91 Å². The molecular formula is C18H18N2O5S. The second-order valence-electron chi connectivity index (χ2n) is 6.16. The Bertz CT molecular complexity index is 942. The average molecular weight is 374 g/mol. The Balaban J connectivity index is 1.65. The minimum absolute atomic E-state index is 0.00466. The molecule has 7 nitrogen and oxygen atoms in total. The minimum Gasteiger partial charge on any atom is -0.479 e. The van der Waals surface area contributed by atoms with E-state index in [9.17, 15) is 18.0 Å². The van der Waals surface area contributed by atoms with Crippen LogP contribution in [-0.4, -0.2) is 26.2 Å². The van der Waals surface area contributed by atoms with Gasteiger partial charge in [-0.3, -0.25) is 9.59 Å². The lowest BCUT2D eigenvalue weighted by molar-refractivity contribution is -0.128. The van der Waals surface area contributed by atoms with Gasteiger partial charge < -0.3 is 10.1 Å². The fraction of sp³-hybridized carbons (Fsp3) is 0.222. The molecule has 0 bridgehead atoms. The van der Waals surface area contributed by atoms with Gasteiger partial charge >= 0.3 is 0 Å². The maximum Gasteiger partial charge on any atom is 0.286 e. The van der Waals surface area contributed by atoms with Crippen molar-refractivity contribution in [3.63, 3.8) is 0 Å². The molecule has 1 amide bonds. The van der Waals surface area contributed by atoms with E-state index in [0.717, 1.165) is 5.57 Å². The molecule has 2 aliphatic rings. The van der Waals surface area contributed by atoms with E-state index >= 15 is 0 Å². The highest BCUT2D eigenvalue weighted by atomic mass is 32.2. The molecule has 0 aromatic heterocycles. The van der Waals surface area contributed by atoms with Crippen LogP contribution in [-0.2, 0) is 30.9 Å². The lowest BCUT2D eigenvalue weighted by atomic mass is 9.88. The molecule has 8 heteroatoms. The van der Waals surface area contributed by atoms with Crippen LogP contribution in [0.3, 0.4) is 0 Å². The van der Waals surface area contributed by atoms with Gasteiger partial charge in [0.1, 0.15) is 6.10 Å². The standard InChI is InChI=1S/C18H18N2O5S/c1-11-2-7-16-14(8-11)15(21)9-17(25-16)18(22)20-10-12-3-5-13(6-4-12)26(19,23)24/h2-9,14,16H,10H2,1H3,(H,20,22)(H2,19,23,24). The molecule has 0 radical (unpaired) electrons. The van der Waals surface area contributed by atoms with Crippen LogP contribution in [0.1, 0.15) is 12.5 Å². The molecule has 3 rings (SSSR count). The first-order valence-electron chi connectivity index (χ1n) is 7.93. The van der Waals surface area contributed by atoms with Gasteiger partial charge in [-0.25, -0.2) is 13.6 Å². The van der Waals surface area contributed by atoms with Crippen molar-refractivity contribution in [1.29, 1.82) is 0 Å². The van der Waals surface area contributed by atoms with Gasteiger partial charge in [-0.2, -0.15) is 0 Å². The number of carbonyl (C=O) groups is 2. The maximum absolute atomic E-state index is 12.3. The largest absolute Gasteiger partial charge is 0.479 e. The minimum atomic E-state index is -3.75. The molecule has 1 aromatic carbocycles. The molecule has 0 spiro atoms. The van der Waals surface area contributed by atoms with Crippen LogP contribution in [0.15, 0.2) is 64.8 Å². The van der Waals surface area contributed by atoms with Crippen LogP contribution < -0.4 is 10.5 Å². The molecule has 1 heterocycles. The van der Waals surface area contributed by atoms with E-state index in [0.29, 0.717) is 5.56 Å². The van der Waals surface area contributed by atoms with Crippen LogP contribution in [0.25, 0.3) is 0 Å². The van der Waals surface area contributed by atoms with Gasteiger partial charge in [0.05, 0.1) is 10.8 Å². The second-order valence-corrected chi connectivity index (χ2v) is 7.72. The highest BCUT2D eigenvalue weighted by Crippen LogP contribution is 2.27. The number of benzene rings is 1. The topological polar surface area (TPSA) is 116 Å². The molecule has 0 saturated carbocycles. The van der Waals surface area contributed by atoms with Crippen molar-refractivity contribution in [3.8, 4) is 0 Å². The summed E-state index contributed by atoms with van der Waals surface area (Å²) in [6.45, 7) is 2.05. The van der Waals surface area contributed by atoms with Gasteiger partial charge in [-0.1, -0.05) is 29.9 Å². The number of rotatable bonds is 4. The monoisotopic (exact) mass is 374 g/mol. The number of amides is 1. The molecule has 136 valence electrons. The molecule has 26 heavy (non-hydrogen) atoms. The van der Waals surface area contributed by atoms with Gasteiger partial charge in [-0.15, -0.1) is 0 Å². The van der Waals surface area contributed by atoms with E-state index in [1.54, 1.807) is 18.2 Å². The number of hydrogen-bond acceptors (Lipinski definition) is 5. The van der Waals surface area contributed by atoms with Crippen molar-refractivity contribution in [2.75, 3.05) is 0 Å². The van der Waals surface area contributed by atoms with Crippen LogP contribution >= 0.6 is 0 Å². The van der Waals surface area contributed by atoms with Gasteiger partial charge in [-0.05, 0) is 30.7 Å². The summed E-state index contributed by atoms with van der Waals surface area (Å²) >= 11 is 0. The second kappa shape index (κ2) is 6.89. The Morgan fingerprint density at radius 1 is 1.27 bits per heavy atom. The zero-order chi connectivity index (χ0) is 18.9. The summed E-state index contributed by atoms with van der Waals surface area (Å²) < 4.78 is 28.1. The zero-order valence-corrected chi connectivity index (χ0v) is 14.8. The van der Waals surface area contributed by atoms with Gasteiger partial charge in [0.2, 0.25) is 10.0 Å². The molecule has 1 aliphatic carbocycles. The predicted molar refractivity (Wildman–Crippen MR) is 94.0 cm³/mol. The van der Waals surface area contributed by atoms with Crippen LogP contribution in [0.4, 0.5) is 0 Å². The number of fused-ring (bicyclic) bond motifs is 1. The summed E-state index contributed by atoms with van der Waals surface area (Å²) in [5, 5.41) is 7.69. The van der Waals surface area contributed by atoms with Crippen molar-refractivity contribution < 1.29 is 22.7 Å².